The summed E-state index contributed by atoms with van der Waals surface area (Å²) >= 11 is 3.16. The second-order valence-corrected chi connectivity index (χ2v) is 4.13. The molecule has 0 saturated heterocycles. The first-order valence-electron chi connectivity index (χ1n) is 4.22. The lowest BCUT2D eigenvalue weighted by Gasteiger charge is -2.04. The summed E-state index contributed by atoms with van der Waals surface area (Å²) in [4.78, 5) is 11.3. The van der Waals surface area contributed by atoms with E-state index in [0.717, 1.165) is 0 Å². The van der Waals surface area contributed by atoms with Crippen molar-refractivity contribution in [2.24, 2.45) is 5.73 Å². The van der Waals surface area contributed by atoms with Gasteiger partial charge >= 0.3 is 0 Å². The van der Waals surface area contributed by atoms with Gasteiger partial charge in [0.25, 0.3) is 0 Å². The van der Waals surface area contributed by atoms with Gasteiger partial charge in [0.15, 0.2) is 5.78 Å². The first-order valence-corrected chi connectivity index (χ1v) is 5.01. The Morgan fingerprint density at radius 2 is 2.21 bits per heavy atom. The van der Waals surface area contributed by atoms with Crippen LogP contribution in [0.1, 0.15) is 12.5 Å². The third-order valence-electron chi connectivity index (χ3n) is 1.81. The van der Waals surface area contributed by atoms with E-state index in [0.29, 0.717) is 10.0 Å². The summed E-state index contributed by atoms with van der Waals surface area (Å²) in [6.45, 7) is 1.62. The fourth-order valence-electron chi connectivity index (χ4n) is 1.08. The lowest BCUT2D eigenvalue weighted by Crippen LogP contribution is -2.28. The van der Waals surface area contributed by atoms with Crippen LogP contribution in [0.4, 0.5) is 4.39 Å². The van der Waals surface area contributed by atoms with E-state index < -0.39 is 6.04 Å². The molecule has 0 saturated carbocycles. The van der Waals surface area contributed by atoms with Crippen molar-refractivity contribution in [2.75, 3.05) is 0 Å². The molecule has 0 aliphatic rings. The van der Waals surface area contributed by atoms with Crippen LogP contribution in [0.25, 0.3) is 0 Å². The van der Waals surface area contributed by atoms with Crippen LogP contribution < -0.4 is 5.73 Å². The zero-order chi connectivity index (χ0) is 10.7. The van der Waals surface area contributed by atoms with Crippen molar-refractivity contribution in [3.8, 4) is 0 Å². The fraction of sp³-hybridized carbons (Fsp3) is 0.300. The number of hydrogen-bond donors (Lipinski definition) is 1. The third kappa shape index (κ3) is 3.20. The fourth-order valence-corrected chi connectivity index (χ4v) is 1.59. The van der Waals surface area contributed by atoms with Crippen LogP contribution in [-0.2, 0) is 11.2 Å². The molecule has 0 aliphatic carbocycles. The molecule has 4 heteroatoms. The zero-order valence-electron chi connectivity index (χ0n) is 7.76. The molecule has 1 aromatic carbocycles. The molecular weight excluding hydrogens is 249 g/mol. The van der Waals surface area contributed by atoms with Gasteiger partial charge in [-0.25, -0.2) is 4.39 Å². The molecule has 0 heterocycles. The SMILES string of the molecule is CC(N)C(=O)Cc1cc(F)cc(Br)c1. The predicted octanol–water partition coefficient (Wildman–Crippen LogP) is 2.05. The number of benzene rings is 1. The Kier molecular flexibility index (Phi) is 3.77. The minimum Gasteiger partial charge on any atom is -0.322 e. The molecule has 0 radical (unpaired) electrons. The van der Waals surface area contributed by atoms with E-state index in [2.05, 4.69) is 15.9 Å². The average Bonchev–Trinajstić information content (AvgIpc) is 2.01. The van der Waals surface area contributed by atoms with Gasteiger partial charge in [-0.05, 0) is 30.7 Å². The summed E-state index contributed by atoms with van der Waals surface area (Å²) in [6, 6.07) is 3.89. The molecule has 1 unspecified atom stereocenters. The molecule has 2 nitrogen and oxygen atoms in total. The molecule has 0 aromatic heterocycles. The molecular formula is C10H11BrFNO. The quantitative estimate of drug-likeness (QED) is 0.903. The summed E-state index contributed by atoms with van der Waals surface area (Å²) in [5.74, 6) is -0.450. The van der Waals surface area contributed by atoms with Crippen molar-refractivity contribution in [2.45, 2.75) is 19.4 Å². The molecule has 0 amide bonds. The van der Waals surface area contributed by atoms with E-state index in [1.54, 1.807) is 13.0 Å². The number of rotatable bonds is 3. The Bertz CT molecular complexity index is 332. The van der Waals surface area contributed by atoms with E-state index in [1.807, 2.05) is 0 Å². The topological polar surface area (TPSA) is 43.1 Å². The number of carbonyl (C=O) groups is 1. The molecule has 14 heavy (non-hydrogen) atoms. The largest absolute Gasteiger partial charge is 0.322 e. The number of nitrogens with two attached hydrogens (primary N) is 1. The Balaban J connectivity index is 2.82. The highest BCUT2D eigenvalue weighted by Gasteiger charge is 2.09. The van der Waals surface area contributed by atoms with Crippen LogP contribution >= 0.6 is 15.9 Å². The summed E-state index contributed by atoms with van der Waals surface area (Å²) < 4.78 is 13.5. The van der Waals surface area contributed by atoms with Crippen molar-refractivity contribution >= 4 is 21.7 Å². The van der Waals surface area contributed by atoms with Crippen LogP contribution in [0, 0.1) is 5.82 Å². The average molecular weight is 260 g/mol. The number of Topliss-reactive ketones (excluding diaryl/α,β-unsaturated/α-hetero) is 1. The third-order valence-corrected chi connectivity index (χ3v) is 2.27. The molecule has 76 valence electrons. The number of ketones is 1. The highest BCUT2D eigenvalue weighted by Crippen LogP contribution is 2.15. The Morgan fingerprint density at radius 1 is 1.57 bits per heavy atom. The standard InChI is InChI=1S/C10H11BrFNO/c1-6(13)10(14)4-7-2-8(11)5-9(12)3-7/h2-3,5-6H,4,13H2,1H3. The van der Waals surface area contributed by atoms with Gasteiger partial charge in [-0.1, -0.05) is 15.9 Å². The van der Waals surface area contributed by atoms with Gasteiger partial charge in [-0.15, -0.1) is 0 Å². The van der Waals surface area contributed by atoms with Gasteiger partial charge < -0.3 is 5.73 Å². The molecule has 0 bridgehead atoms. The maximum absolute atomic E-state index is 12.9. The second-order valence-electron chi connectivity index (χ2n) is 3.21. The highest BCUT2D eigenvalue weighted by molar-refractivity contribution is 9.10. The van der Waals surface area contributed by atoms with Crippen LogP contribution in [0.3, 0.4) is 0 Å². The molecule has 1 rings (SSSR count). The minimum atomic E-state index is -0.503. The summed E-state index contributed by atoms with van der Waals surface area (Å²) in [5, 5.41) is 0. The Hall–Kier alpha value is -0.740. The maximum atomic E-state index is 12.9. The maximum Gasteiger partial charge on any atom is 0.153 e. The van der Waals surface area contributed by atoms with Crippen molar-refractivity contribution in [1.82, 2.24) is 0 Å². The Labute approximate surface area is 90.4 Å². The predicted molar refractivity (Wildman–Crippen MR) is 56.5 cm³/mol. The van der Waals surface area contributed by atoms with E-state index in [4.69, 9.17) is 5.73 Å². The van der Waals surface area contributed by atoms with Gasteiger partial charge in [0.2, 0.25) is 0 Å². The number of halogens is 2. The monoisotopic (exact) mass is 259 g/mol. The van der Waals surface area contributed by atoms with E-state index in [9.17, 15) is 9.18 Å². The molecule has 1 aromatic rings. The van der Waals surface area contributed by atoms with Gasteiger partial charge in [-0.3, -0.25) is 4.79 Å². The van der Waals surface area contributed by atoms with E-state index in [-0.39, 0.29) is 18.0 Å². The lowest BCUT2D eigenvalue weighted by atomic mass is 10.1. The highest BCUT2D eigenvalue weighted by atomic mass is 79.9. The lowest BCUT2D eigenvalue weighted by molar-refractivity contribution is -0.119. The van der Waals surface area contributed by atoms with Crippen LogP contribution in [0.15, 0.2) is 22.7 Å². The van der Waals surface area contributed by atoms with Crippen molar-refractivity contribution in [3.63, 3.8) is 0 Å². The number of hydrogen-bond acceptors (Lipinski definition) is 2. The first kappa shape index (κ1) is 11.3. The van der Waals surface area contributed by atoms with Crippen molar-refractivity contribution < 1.29 is 9.18 Å². The summed E-state index contributed by atoms with van der Waals surface area (Å²) in [7, 11) is 0. The Morgan fingerprint density at radius 3 is 2.71 bits per heavy atom. The van der Waals surface area contributed by atoms with Crippen molar-refractivity contribution in [1.29, 1.82) is 0 Å². The first-order chi connectivity index (χ1) is 6.49. The normalized spacial score (nSPS) is 12.6. The van der Waals surface area contributed by atoms with Gasteiger partial charge in [0.05, 0.1) is 6.04 Å². The molecule has 0 fully saturated rings. The molecule has 1 atom stereocenters. The molecule has 0 spiro atoms. The van der Waals surface area contributed by atoms with Gasteiger partial charge in [0, 0.05) is 10.9 Å². The van der Waals surface area contributed by atoms with E-state index >= 15 is 0 Å². The molecule has 0 aliphatic heterocycles. The molecule has 2 N–H and O–H groups in total. The van der Waals surface area contributed by atoms with E-state index in [1.165, 1.54) is 12.1 Å². The number of carbonyl (C=O) groups excluding carboxylic acids is 1. The van der Waals surface area contributed by atoms with Gasteiger partial charge in [-0.2, -0.15) is 0 Å². The zero-order valence-corrected chi connectivity index (χ0v) is 9.34. The van der Waals surface area contributed by atoms with Crippen LogP contribution in [0.2, 0.25) is 0 Å². The smallest absolute Gasteiger partial charge is 0.153 e. The summed E-state index contributed by atoms with van der Waals surface area (Å²) in [6.07, 6.45) is 0.175. The minimum absolute atomic E-state index is 0.0949. The van der Waals surface area contributed by atoms with Crippen LogP contribution in [-0.4, -0.2) is 11.8 Å². The van der Waals surface area contributed by atoms with Crippen LogP contribution in [0.5, 0.6) is 0 Å². The van der Waals surface area contributed by atoms with Gasteiger partial charge in [0.1, 0.15) is 5.82 Å². The van der Waals surface area contributed by atoms with Crippen molar-refractivity contribution in [3.05, 3.63) is 34.1 Å². The second kappa shape index (κ2) is 4.66. The summed E-state index contributed by atoms with van der Waals surface area (Å²) in [5.41, 5.74) is 6.04.